The average molecular weight is 414 g/mol. The van der Waals surface area contributed by atoms with E-state index in [-0.39, 0.29) is 0 Å². The van der Waals surface area contributed by atoms with Gasteiger partial charge in [0.1, 0.15) is 5.75 Å². The molecule has 0 fully saturated rings. The first-order valence-corrected chi connectivity index (χ1v) is 8.81. The minimum absolute atomic E-state index is 0.877. The predicted molar refractivity (Wildman–Crippen MR) is 95.5 cm³/mol. The number of ether oxygens (including phenoxy) is 1. The highest BCUT2D eigenvalue weighted by Crippen LogP contribution is 2.35. The van der Waals surface area contributed by atoms with Crippen molar-refractivity contribution in [3.8, 4) is 5.75 Å². The van der Waals surface area contributed by atoms with E-state index >= 15 is 0 Å². The lowest BCUT2D eigenvalue weighted by Crippen LogP contribution is -1.85. The molecule has 0 saturated heterocycles. The van der Waals surface area contributed by atoms with Gasteiger partial charge in [-0.3, -0.25) is 0 Å². The van der Waals surface area contributed by atoms with E-state index in [0.717, 1.165) is 25.8 Å². The first-order chi connectivity index (χ1) is 9.65. The zero-order valence-corrected chi connectivity index (χ0v) is 15.2. The molecule has 2 aromatic carbocycles. The molecule has 0 N–H and O–H groups in total. The Balaban J connectivity index is 2.32. The summed E-state index contributed by atoms with van der Waals surface area (Å²) in [5.41, 5.74) is 2.20. The third-order valence-electron chi connectivity index (χ3n) is 2.82. The molecule has 0 amide bonds. The Morgan fingerprint density at radius 1 is 1.05 bits per heavy atom. The zero-order chi connectivity index (χ0) is 14.5. The van der Waals surface area contributed by atoms with E-state index in [2.05, 4.69) is 62.4 Å². The van der Waals surface area contributed by atoms with Gasteiger partial charge >= 0.3 is 0 Å². The highest BCUT2D eigenvalue weighted by atomic mass is 79.9. The highest BCUT2D eigenvalue weighted by Gasteiger charge is 2.05. The Labute approximate surface area is 140 Å². The van der Waals surface area contributed by atoms with Crippen LogP contribution in [0.2, 0.25) is 0 Å². The van der Waals surface area contributed by atoms with Crippen LogP contribution in [0.1, 0.15) is 11.1 Å². The normalized spacial score (nSPS) is 11.0. The molecule has 0 aromatic heterocycles. The molecule has 20 heavy (non-hydrogen) atoms. The molecule has 0 aliphatic heterocycles. The van der Waals surface area contributed by atoms with Gasteiger partial charge in [0, 0.05) is 19.4 Å². The van der Waals surface area contributed by atoms with Crippen molar-refractivity contribution >= 4 is 55.8 Å². The molecule has 0 saturated carbocycles. The molecule has 0 heterocycles. The van der Waals surface area contributed by atoms with Crippen molar-refractivity contribution < 1.29 is 4.74 Å². The molecular formula is C16H14Br2OS. The number of hydrogen-bond acceptors (Lipinski definition) is 2. The second-order valence-corrected chi connectivity index (χ2v) is 6.62. The van der Waals surface area contributed by atoms with Gasteiger partial charge in [-0.25, -0.2) is 0 Å². The molecular weight excluding hydrogens is 400 g/mol. The van der Waals surface area contributed by atoms with Crippen LogP contribution >= 0.6 is 43.6 Å². The Hall–Kier alpha value is -0.710. The maximum absolute atomic E-state index is 5.34. The zero-order valence-electron chi connectivity index (χ0n) is 11.2. The van der Waals surface area contributed by atoms with E-state index in [1.54, 1.807) is 18.9 Å². The minimum Gasteiger partial charge on any atom is -0.496 e. The summed E-state index contributed by atoms with van der Waals surface area (Å²) in [4.78, 5) is 1.21. The van der Waals surface area contributed by atoms with E-state index in [0.29, 0.717) is 0 Å². The molecule has 0 bridgehead atoms. The van der Waals surface area contributed by atoms with Crippen LogP contribution in [-0.2, 0) is 0 Å². The van der Waals surface area contributed by atoms with Crippen LogP contribution in [0, 0.1) is 0 Å². The first-order valence-electron chi connectivity index (χ1n) is 6.00. The number of hydrogen-bond donors (Lipinski definition) is 0. The molecule has 1 nitrogen and oxygen atoms in total. The van der Waals surface area contributed by atoms with E-state index in [4.69, 9.17) is 4.74 Å². The molecule has 0 spiro atoms. The molecule has 0 radical (unpaired) electrons. The number of methoxy groups -OCH3 is 1. The number of para-hydroxylation sites is 1. The van der Waals surface area contributed by atoms with Crippen molar-refractivity contribution in [1.29, 1.82) is 0 Å². The summed E-state index contributed by atoms with van der Waals surface area (Å²) in [5, 5.41) is 0. The van der Waals surface area contributed by atoms with Gasteiger partial charge in [0.25, 0.3) is 0 Å². The smallest absolute Gasteiger partial charge is 0.126 e. The Kier molecular flexibility index (Phi) is 5.75. The lowest BCUT2D eigenvalue weighted by atomic mass is 10.1. The van der Waals surface area contributed by atoms with Crippen LogP contribution in [0.15, 0.2) is 50.2 Å². The van der Waals surface area contributed by atoms with Crippen LogP contribution in [-0.4, -0.2) is 13.4 Å². The molecule has 104 valence electrons. The maximum atomic E-state index is 5.34. The topological polar surface area (TPSA) is 9.23 Å². The van der Waals surface area contributed by atoms with Gasteiger partial charge in [0.15, 0.2) is 0 Å². The largest absolute Gasteiger partial charge is 0.496 e. The average Bonchev–Trinajstić information content (AvgIpc) is 2.45. The van der Waals surface area contributed by atoms with Gasteiger partial charge in [-0.15, -0.1) is 11.8 Å². The van der Waals surface area contributed by atoms with Crippen LogP contribution in [0.3, 0.4) is 0 Å². The third-order valence-corrected chi connectivity index (χ3v) is 5.44. The first kappa shape index (κ1) is 15.7. The van der Waals surface area contributed by atoms with Crippen LogP contribution < -0.4 is 4.74 Å². The molecule has 0 unspecified atom stereocenters. The number of rotatable bonds is 4. The summed E-state index contributed by atoms with van der Waals surface area (Å²) in [5.74, 6) is 0.877. The van der Waals surface area contributed by atoms with E-state index in [9.17, 15) is 0 Å². The van der Waals surface area contributed by atoms with Crippen molar-refractivity contribution in [1.82, 2.24) is 0 Å². The minimum atomic E-state index is 0.877. The van der Waals surface area contributed by atoms with Crippen LogP contribution in [0.4, 0.5) is 0 Å². The van der Waals surface area contributed by atoms with Gasteiger partial charge in [0.2, 0.25) is 0 Å². The lowest BCUT2D eigenvalue weighted by Gasteiger charge is -2.06. The Bertz CT molecular complexity index is 615. The van der Waals surface area contributed by atoms with Crippen molar-refractivity contribution in [2.45, 2.75) is 4.90 Å². The van der Waals surface area contributed by atoms with Gasteiger partial charge in [-0.2, -0.15) is 0 Å². The lowest BCUT2D eigenvalue weighted by molar-refractivity contribution is 0.414. The van der Waals surface area contributed by atoms with Gasteiger partial charge in [-0.05, 0) is 61.9 Å². The molecule has 0 atom stereocenters. The predicted octanol–water partition coefficient (Wildman–Crippen LogP) is 6.11. The van der Waals surface area contributed by atoms with E-state index in [1.807, 2.05) is 24.3 Å². The number of benzene rings is 2. The van der Waals surface area contributed by atoms with Gasteiger partial charge in [-0.1, -0.05) is 30.4 Å². The van der Waals surface area contributed by atoms with Crippen molar-refractivity contribution in [3.05, 3.63) is 56.5 Å². The standard InChI is InChI=1S/C16H14Br2OS/c1-19-15-6-4-3-5-12(15)8-7-11-9-13(17)16(20-2)14(18)10-11/h3-10H,1-2H3/b8-7-. The number of halogens is 2. The van der Waals surface area contributed by atoms with E-state index in [1.165, 1.54) is 4.90 Å². The fourth-order valence-electron chi connectivity index (χ4n) is 1.86. The fraction of sp³-hybridized carbons (Fsp3) is 0.125. The van der Waals surface area contributed by atoms with Crippen LogP contribution in [0.25, 0.3) is 12.2 Å². The second-order valence-electron chi connectivity index (χ2n) is 4.09. The van der Waals surface area contributed by atoms with Crippen LogP contribution in [0.5, 0.6) is 5.75 Å². The Morgan fingerprint density at radius 3 is 2.30 bits per heavy atom. The van der Waals surface area contributed by atoms with Crippen molar-refractivity contribution in [2.75, 3.05) is 13.4 Å². The summed E-state index contributed by atoms with van der Waals surface area (Å²) in [6.45, 7) is 0. The summed E-state index contributed by atoms with van der Waals surface area (Å²) >= 11 is 8.92. The molecule has 0 aliphatic carbocycles. The summed E-state index contributed by atoms with van der Waals surface area (Å²) in [6, 6.07) is 12.2. The van der Waals surface area contributed by atoms with Gasteiger partial charge in [0.05, 0.1) is 7.11 Å². The SMILES string of the molecule is COc1ccccc1/C=C\c1cc(Br)c(SC)c(Br)c1. The second kappa shape index (κ2) is 7.34. The van der Waals surface area contributed by atoms with E-state index < -0.39 is 0 Å². The quantitative estimate of drug-likeness (QED) is 0.441. The van der Waals surface area contributed by atoms with Gasteiger partial charge < -0.3 is 4.74 Å². The molecule has 2 aromatic rings. The maximum Gasteiger partial charge on any atom is 0.126 e. The molecule has 4 heteroatoms. The van der Waals surface area contributed by atoms with Crippen molar-refractivity contribution in [2.24, 2.45) is 0 Å². The number of thioether (sulfide) groups is 1. The monoisotopic (exact) mass is 412 g/mol. The summed E-state index contributed by atoms with van der Waals surface area (Å²) < 4.78 is 7.54. The Morgan fingerprint density at radius 2 is 1.70 bits per heavy atom. The van der Waals surface area contributed by atoms with Crippen molar-refractivity contribution in [3.63, 3.8) is 0 Å². The summed E-state index contributed by atoms with van der Waals surface area (Å²) in [6.07, 6.45) is 6.21. The molecule has 0 aliphatic rings. The molecule has 2 rings (SSSR count). The highest BCUT2D eigenvalue weighted by molar-refractivity contribution is 9.11. The summed E-state index contributed by atoms with van der Waals surface area (Å²) in [7, 11) is 1.69. The third kappa shape index (κ3) is 3.68. The fourth-order valence-corrected chi connectivity index (χ4v) is 4.56.